The minimum Gasteiger partial charge on any atom is -0.437 e. The van der Waals surface area contributed by atoms with Gasteiger partial charge in [-0.1, -0.05) is 19.9 Å². The minimum absolute atomic E-state index is 0.0203. The quantitative estimate of drug-likeness (QED) is 0.887. The zero-order chi connectivity index (χ0) is 14.0. The van der Waals surface area contributed by atoms with Crippen LogP contribution in [0.3, 0.4) is 0 Å². The van der Waals surface area contributed by atoms with Crippen LogP contribution in [0.1, 0.15) is 30.9 Å². The predicted molar refractivity (Wildman–Crippen MR) is 74.6 cm³/mol. The lowest BCUT2D eigenvalue weighted by molar-refractivity contribution is 0.462. The van der Waals surface area contributed by atoms with Gasteiger partial charge in [-0.25, -0.2) is 4.98 Å². The number of benzene rings is 1. The molecule has 0 atom stereocenters. The van der Waals surface area contributed by atoms with Gasteiger partial charge in [-0.2, -0.15) is 0 Å². The summed E-state index contributed by atoms with van der Waals surface area (Å²) in [5, 5.41) is 0. The standard InChI is InChI=1S/C14H17N3O2/c1-8(2)11-5-4-10(6-9(11)3)19-14-12(15)13(18)16-7-17-14/h4-8H,15H2,1-3H3,(H,16,17,18). The number of anilines is 1. The summed E-state index contributed by atoms with van der Waals surface area (Å²) in [7, 11) is 0. The van der Waals surface area contributed by atoms with Gasteiger partial charge in [-0.3, -0.25) is 4.79 Å². The summed E-state index contributed by atoms with van der Waals surface area (Å²) in [5.41, 5.74) is 7.59. The van der Waals surface area contributed by atoms with Crippen molar-refractivity contribution < 1.29 is 4.74 Å². The number of hydrogen-bond acceptors (Lipinski definition) is 4. The lowest BCUT2D eigenvalue weighted by Crippen LogP contribution is -2.13. The van der Waals surface area contributed by atoms with Crippen LogP contribution < -0.4 is 16.0 Å². The first-order valence-corrected chi connectivity index (χ1v) is 6.10. The van der Waals surface area contributed by atoms with E-state index in [0.29, 0.717) is 11.7 Å². The Balaban J connectivity index is 2.32. The first-order chi connectivity index (χ1) is 8.99. The second kappa shape index (κ2) is 5.14. The van der Waals surface area contributed by atoms with Crippen LogP contribution in [-0.4, -0.2) is 9.97 Å². The molecule has 0 radical (unpaired) electrons. The Hall–Kier alpha value is -2.30. The molecule has 0 fully saturated rings. The van der Waals surface area contributed by atoms with Crippen molar-refractivity contribution in [2.24, 2.45) is 0 Å². The fraction of sp³-hybridized carbons (Fsp3) is 0.286. The van der Waals surface area contributed by atoms with Gasteiger partial charge in [-0.15, -0.1) is 0 Å². The second-order valence-electron chi connectivity index (χ2n) is 4.73. The third-order valence-electron chi connectivity index (χ3n) is 2.93. The smallest absolute Gasteiger partial charge is 0.277 e. The number of hydrogen-bond donors (Lipinski definition) is 2. The highest BCUT2D eigenvalue weighted by molar-refractivity contribution is 5.47. The van der Waals surface area contributed by atoms with Gasteiger partial charge < -0.3 is 15.5 Å². The Morgan fingerprint density at radius 3 is 2.74 bits per heavy atom. The summed E-state index contributed by atoms with van der Waals surface area (Å²) in [4.78, 5) is 17.6. The molecule has 2 rings (SSSR count). The molecule has 2 aromatic rings. The highest BCUT2D eigenvalue weighted by Gasteiger charge is 2.09. The van der Waals surface area contributed by atoms with Crippen molar-refractivity contribution in [3.05, 3.63) is 46.0 Å². The van der Waals surface area contributed by atoms with Crippen LogP contribution in [0, 0.1) is 6.92 Å². The monoisotopic (exact) mass is 259 g/mol. The Bertz CT molecular complexity index is 647. The Morgan fingerprint density at radius 2 is 2.11 bits per heavy atom. The number of nitrogen functional groups attached to an aromatic ring is 1. The average molecular weight is 259 g/mol. The Morgan fingerprint density at radius 1 is 1.37 bits per heavy atom. The van der Waals surface area contributed by atoms with E-state index in [-0.39, 0.29) is 11.6 Å². The van der Waals surface area contributed by atoms with E-state index >= 15 is 0 Å². The van der Waals surface area contributed by atoms with Gasteiger partial charge in [0.15, 0.2) is 5.69 Å². The van der Waals surface area contributed by atoms with E-state index in [1.807, 2.05) is 25.1 Å². The Kier molecular flexibility index (Phi) is 3.55. The number of H-pyrrole nitrogens is 1. The van der Waals surface area contributed by atoms with E-state index in [1.165, 1.54) is 11.9 Å². The summed E-state index contributed by atoms with van der Waals surface area (Å²) in [6.45, 7) is 6.30. The van der Waals surface area contributed by atoms with Crippen LogP contribution in [0.15, 0.2) is 29.3 Å². The molecule has 0 amide bonds. The van der Waals surface area contributed by atoms with Crippen LogP contribution in [0.4, 0.5) is 5.69 Å². The van der Waals surface area contributed by atoms with Gasteiger partial charge in [0.2, 0.25) is 5.88 Å². The van der Waals surface area contributed by atoms with Crippen LogP contribution in [0.2, 0.25) is 0 Å². The van der Waals surface area contributed by atoms with Crippen LogP contribution >= 0.6 is 0 Å². The van der Waals surface area contributed by atoms with Gasteiger partial charge in [0.25, 0.3) is 5.56 Å². The maximum absolute atomic E-state index is 11.3. The molecule has 0 spiro atoms. The molecule has 5 nitrogen and oxygen atoms in total. The number of rotatable bonds is 3. The molecule has 3 N–H and O–H groups in total. The van der Waals surface area contributed by atoms with Crippen LogP contribution in [0.5, 0.6) is 11.6 Å². The number of aromatic amines is 1. The molecular formula is C14H17N3O2. The molecule has 0 bridgehead atoms. The van der Waals surface area contributed by atoms with Crippen molar-refractivity contribution in [2.75, 3.05) is 5.73 Å². The lowest BCUT2D eigenvalue weighted by atomic mass is 9.98. The molecule has 1 aromatic heterocycles. The molecule has 0 aliphatic heterocycles. The summed E-state index contributed by atoms with van der Waals surface area (Å²) in [6.07, 6.45) is 1.27. The number of nitrogens with zero attached hydrogens (tertiary/aromatic N) is 1. The second-order valence-corrected chi connectivity index (χ2v) is 4.73. The summed E-state index contributed by atoms with van der Waals surface area (Å²) in [6, 6.07) is 5.78. The summed E-state index contributed by atoms with van der Waals surface area (Å²) in [5.74, 6) is 1.20. The zero-order valence-corrected chi connectivity index (χ0v) is 11.2. The molecular weight excluding hydrogens is 242 g/mol. The molecule has 0 saturated carbocycles. The van der Waals surface area contributed by atoms with Crippen molar-refractivity contribution in [2.45, 2.75) is 26.7 Å². The molecule has 100 valence electrons. The number of ether oxygens (including phenoxy) is 1. The van der Waals surface area contributed by atoms with Crippen molar-refractivity contribution in [1.29, 1.82) is 0 Å². The number of aryl methyl sites for hydroxylation is 1. The van der Waals surface area contributed by atoms with Crippen LogP contribution in [0.25, 0.3) is 0 Å². The fourth-order valence-corrected chi connectivity index (χ4v) is 1.95. The SMILES string of the molecule is Cc1cc(Oc2nc[nH]c(=O)c2N)ccc1C(C)C. The highest BCUT2D eigenvalue weighted by atomic mass is 16.5. The maximum atomic E-state index is 11.3. The summed E-state index contributed by atoms with van der Waals surface area (Å²) < 4.78 is 5.55. The number of nitrogens with two attached hydrogens (primary N) is 1. The predicted octanol–water partition coefficient (Wildman–Crippen LogP) is 2.58. The third-order valence-corrected chi connectivity index (χ3v) is 2.93. The third kappa shape index (κ3) is 2.76. The lowest BCUT2D eigenvalue weighted by Gasteiger charge is -2.12. The molecule has 0 unspecified atom stereocenters. The zero-order valence-electron chi connectivity index (χ0n) is 11.2. The average Bonchev–Trinajstić information content (AvgIpc) is 2.34. The molecule has 19 heavy (non-hydrogen) atoms. The van der Waals surface area contributed by atoms with Crippen molar-refractivity contribution in [3.63, 3.8) is 0 Å². The molecule has 0 saturated heterocycles. The molecule has 1 heterocycles. The van der Waals surface area contributed by atoms with Crippen molar-refractivity contribution in [3.8, 4) is 11.6 Å². The van der Waals surface area contributed by atoms with Crippen molar-refractivity contribution in [1.82, 2.24) is 9.97 Å². The largest absolute Gasteiger partial charge is 0.437 e. The summed E-state index contributed by atoms with van der Waals surface area (Å²) >= 11 is 0. The minimum atomic E-state index is -0.402. The highest BCUT2D eigenvalue weighted by Crippen LogP contribution is 2.27. The number of aromatic nitrogens is 2. The van der Waals surface area contributed by atoms with Gasteiger partial charge in [0, 0.05) is 0 Å². The van der Waals surface area contributed by atoms with Gasteiger partial charge >= 0.3 is 0 Å². The maximum Gasteiger partial charge on any atom is 0.277 e. The number of nitrogens with one attached hydrogen (secondary N) is 1. The van der Waals surface area contributed by atoms with Gasteiger partial charge in [0.1, 0.15) is 5.75 Å². The topological polar surface area (TPSA) is 81.0 Å². The van der Waals surface area contributed by atoms with E-state index in [9.17, 15) is 4.79 Å². The molecule has 0 aliphatic rings. The fourth-order valence-electron chi connectivity index (χ4n) is 1.95. The molecule has 0 aliphatic carbocycles. The van der Waals surface area contributed by atoms with Gasteiger partial charge in [-0.05, 0) is 36.1 Å². The van der Waals surface area contributed by atoms with E-state index < -0.39 is 5.56 Å². The van der Waals surface area contributed by atoms with E-state index in [0.717, 1.165) is 5.56 Å². The molecule has 1 aromatic carbocycles. The molecule has 5 heteroatoms. The van der Waals surface area contributed by atoms with E-state index in [4.69, 9.17) is 10.5 Å². The first kappa shape index (κ1) is 13.1. The van der Waals surface area contributed by atoms with E-state index in [2.05, 4.69) is 23.8 Å². The van der Waals surface area contributed by atoms with Crippen LogP contribution in [-0.2, 0) is 0 Å². The van der Waals surface area contributed by atoms with Gasteiger partial charge in [0.05, 0.1) is 6.33 Å². The van der Waals surface area contributed by atoms with Crippen molar-refractivity contribution >= 4 is 5.69 Å². The first-order valence-electron chi connectivity index (χ1n) is 6.10. The van der Waals surface area contributed by atoms with E-state index in [1.54, 1.807) is 0 Å². The Labute approximate surface area is 111 Å². The normalized spacial score (nSPS) is 10.7.